The van der Waals surface area contributed by atoms with Crippen LogP contribution in [0.5, 0.6) is 0 Å². The summed E-state index contributed by atoms with van der Waals surface area (Å²) in [5, 5.41) is 2.95. The van der Waals surface area contributed by atoms with Crippen molar-refractivity contribution in [3.8, 4) is 0 Å². The summed E-state index contributed by atoms with van der Waals surface area (Å²) >= 11 is 0. The lowest BCUT2D eigenvalue weighted by molar-refractivity contribution is -0.130. The molecule has 1 aromatic carbocycles. The minimum atomic E-state index is 0.0615. The Labute approximate surface area is 148 Å². The van der Waals surface area contributed by atoms with E-state index in [4.69, 9.17) is 0 Å². The van der Waals surface area contributed by atoms with Crippen molar-refractivity contribution in [3.63, 3.8) is 0 Å². The molecule has 1 heterocycles. The van der Waals surface area contributed by atoms with E-state index < -0.39 is 0 Å². The summed E-state index contributed by atoms with van der Waals surface area (Å²) < 4.78 is 1.92. The van der Waals surface area contributed by atoms with Gasteiger partial charge < -0.3 is 14.8 Å². The maximum Gasteiger partial charge on any atom is 0.242 e. The van der Waals surface area contributed by atoms with Gasteiger partial charge in [-0.2, -0.15) is 0 Å². The Morgan fingerprint density at radius 2 is 2.08 bits per heavy atom. The van der Waals surface area contributed by atoms with Crippen LogP contribution in [0.25, 0.3) is 11.0 Å². The molecular formula is C19H26N4O2. The summed E-state index contributed by atoms with van der Waals surface area (Å²) in [4.78, 5) is 30.9. The molecule has 0 unspecified atom stereocenters. The molecular weight excluding hydrogens is 316 g/mol. The summed E-state index contributed by atoms with van der Waals surface area (Å²) in [5.41, 5.74) is 1.78. The fourth-order valence-corrected chi connectivity index (χ4v) is 2.87. The van der Waals surface area contributed by atoms with Gasteiger partial charge in [-0.25, -0.2) is 4.98 Å². The molecule has 0 spiro atoms. The first-order valence-electron chi connectivity index (χ1n) is 9.06. The van der Waals surface area contributed by atoms with Crippen LogP contribution in [-0.4, -0.2) is 39.9 Å². The van der Waals surface area contributed by atoms with Crippen LogP contribution in [0.2, 0.25) is 0 Å². The number of likely N-dealkylation sites (N-methyl/N-ethyl adjacent to an activating group) is 1. The first-order valence-corrected chi connectivity index (χ1v) is 9.06. The first kappa shape index (κ1) is 17.5. The number of nitrogens with one attached hydrogen (secondary N) is 1. The Morgan fingerprint density at radius 3 is 2.80 bits per heavy atom. The summed E-state index contributed by atoms with van der Waals surface area (Å²) in [6.45, 7) is 3.48. The number of fused-ring (bicyclic) bond motifs is 1. The van der Waals surface area contributed by atoms with Crippen molar-refractivity contribution in [3.05, 3.63) is 30.1 Å². The number of para-hydroxylation sites is 2. The Hall–Kier alpha value is -2.37. The second-order valence-corrected chi connectivity index (χ2v) is 6.76. The van der Waals surface area contributed by atoms with E-state index in [1.807, 2.05) is 35.9 Å². The highest BCUT2D eigenvalue weighted by molar-refractivity contribution is 5.82. The van der Waals surface area contributed by atoms with Gasteiger partial charge in [0, 0.05) is 19.5 Å². The molecule has 0 bridgehead atoms. The summed E-state index contributed by atoms with van der Waals surface area (Å²) in [7, 11) is 1.84. The number of benzene rings is 1. The average Bonchev–Trinajstić information content (AvgIpc) is 3.41. The topological polar surface area (TPSA) is 67.2 Å². The van der Waals surface area contributed by atoms with Crippen molar-refractivity contribution in [2.75, 3.05) is 13.6 Å². The number of aromatic nitrogens is 2. The number of rotatable bonds is 8. The summed E-state index contributed by atoms with van der Waals surface area (Å²) in [5.74, 6) is 1.04. The second kappa shape index (κ2) is 7.68. The first-order chi connectivity index (χ1) is 12.1. The molecule has 3 rings (SSSR count). The van der Waals surface area contributed by atoms with Crippen LogP contribution in [0.4, 0.5) is 0 Å². The highest BCUT2D eigenvalue weighted by Crippen LogP contribution is 2.28. The maximum atomic E-state index is 12.6. The lowest BCUT2D eigenvalue weighted by atomic mass is 10.3. The Balaban J connectivity index is 1.77. The monoisotopic (exact) mass is 342 g/mol. The molecule has 6 nitrogen and oxygen atoms in total. The zero-order chi connectivity index (χ0) is 17.8. The van der Waals surface area contributed by atoms with Crippen LogP contribution in [0.3, 0.4) is 0 Å². The largest absolute Gasteiger partial charge is 0.349 e. The molecule has 1 aliphatic rings. The molecule has 1 N–H and O–H groups in total. The molecule has 0 aliphatic heterocycles. The van der Waals surface area contributed by atoms with Crippen molar-refractivity contribution in [2.24, 2.45) is 5.92 Å². The average molecular weight is 342 g/mol. The molecule has 25 heavy (non-hydrogen) atoms. The lowest BCUT2D eigenvalue weighted by Crippen LogP contribution is -2.32. The van der Waals surface area contributed by atoms with Crippen LogP contribution in [0, 0.1) is 5.92 Å². The highest BCUT2D eigenvalue weighted by Gasteiger charge is 2.29. The molecule has 1 fully saturated rings. The minimum Gasteiger partial charge on any atom is -0.349 e. The Bertz CT molecular complexity index is 764. The van der Waals surface area contributed by atoms with E-state index in [2.05, 4.69) is 17.2 Å². The predicted molar refractivity (Wildman–Crippen MR) is 96.8 cm³/mol. The van der Waals surface area contributed by atoms with Gasteiger partial charge in [-0.3, -0.25) is 9.59 Å². The van der Waals surface area contributed by atoms with Crippen molar-refractivity contribution in [2.45, 2.75) is 45.7 Å². The van der Waals surface area contributed by atoms with Gasteiger partial charge in [-0.15, -0.1) is 0 Å². The van der Waals surface area contributed by atoms with Crippen molar-refractivity contribution in [1.82, 2.24) is 19.8 Å². The van der Waals surface area contributed by atoms with Crippen LogP contribution < -0.4 is 5.32 Å². The van der Waals surface area contributed by atoms with Crippen molar-refractivity contribution < 1.29 is 9.59 Å². The van der Waals surface area contributed by atoms with E-state index >= 15 is 0 Å². The van der Waals surface area contributed by atoms with Crippen LogP contribution in [0.1, 0.15) is 38.4 Å². The molecule has 1 aromatic heterocycles. The normalized spacial score (nSPS) is 13.8. The van der Waals surface area contributed by atoms with E-state index in [9.17, 15) is 9.59 Å². The predicted octanol–water partition coefficient (Wildman–Crippen LogP) is 2.32. The smallest absolute Gasteiger partial charge is 0.242 e. The van der Waals surface area contributed by atoms with Gasteiger partial charge in [0.1, 0.15) is 12.4 Å². The fraction of sp³-hybridized carbons (Fsp3) is 0.526. The molecule has 0 radical (unpaired) electrons. The number of hydrogen-bond acceptors (Lipinski definition) is 3. The Kier molecular flexibility index (Phi) is 5.36. The van der Waals surface area contributed by atoms with Gasteiger partial charge >= 0.3 is 0 Å². The van der Waals surface area contributed by atoms with E-state index in [1.54, 1.807) is 4.90 Å². The van der Waals surface area contributed by atoms with Crippen LogP contribution in [0.15, 0.2) is 24.3 Å². The Morgan fingerprint density at radius 1 is 1.32 bits per heavy atom. The molecule has 0 atom stereocenters. The number of carbonyl (C=O) groups excluding carboxylic acids is 2. The van der Waals surface area contributed by atoms with Gasteiger partial charge in [0.2, 0.25) is 11.8 Å². The fourth-order valence-electron chi connectivity index (χ4n) is 2.87. The van der Waals surface area contributed by atoms with E-state index in [-0.39, 0.29) is 24.3 Å². The summed E-state index contributed by atoms with van der Waals surface area (Å²) in [6, 6.07) is 7.77. The van der Waals surface area contributed by atoms with Crippen molar-refractivity contribution in [1.29, 1.82) is 0 Å². The SMILES string of the molecule is CCCCN(C)C(=O)Cn1c(CNC(=O)C2CC2)nc2ccccc21. The van der Waals surface area contributed by atoms with Gasteiger partial charge in [0.05, 0.1) is 17.6 Å². The van der Waals surface area contributed by atoms with Gasteiger partial charge in [0.25, 0.3) is 0 Å². The van der Waals surface area contributed by atoms with E-state index in [0.717, 1.165) is 49.1 Å². The van der Waals surface area contributed by atoms with E-state index in [1.165, 1.54) is 0 Å². The third kappa shape index (κ3) is 4.18. The highest BCUT2D eigenvalue weighted by atomic mass is 16.2. The maximum absolute atomic E-state index is 12.6. The standard InChI is InChI=1S/C19H26N4O2/c1-3-4-11-22(2)18(24)13-23-16-8-6-5-7-15(16)21-17(23)12-20-19(25)14-9-10-14/h5-8,14H,3-4,9-13H2,1-2H3,(H,20,25). The zero-order valence-electron chi connectivity index (χ0n) is 15.0. The van der Waals surface area contributed by atoms with E-state index in [0.29, 0.717) is 6.54 Å². The minimum absolute atomic E-state index is 0.0615. The number of hydrogen-bond donors (Lipinski definition) is 1. The number of unbranched alkanes of at least 4 members (excludes halogenated alkanes) is 1. The molecule has 6 heteroatoms. The van der Waals surface area contributed by atoms with Crippen LogP contribution >= 0.6 is 0 Å². The molecule has 1 aliphatic carbocycles. The molecule has 134 valence electrons. The number of carbonyl (C=O) groups is 2. The zero-order valence-corrected chi connectivity index (χ0v) is 15.0. The quantitative estimate of drug-likeness (QED) is 0.800. The molecule has 2 amide bonds. The van der Waals surface area contributed by atoms with Gasteiger partial charge in [-0.05, 0) is 31.4 Å². The third-order valence-corrected chi connectivity index (χ3v) is 4.67. The van der Waals surface area contributed by atoms with Crippen LogP contribution in [-0.2, 0) is 22.7 Å². The van der Waals surface area contributed by atoms with Gasteiger partial charge in [0.15, 0.2) is 0 Å². The number of nitrogens with zero attached hydrogens (tertiary/aromatic N) is 3. The lowest BCUT2D eigenvalue weighted by Gasteiger charge is -2.18. The molecule has 0 saturated heterocycles. The van der Waals surface area contributed by atoms with Gasteiger partial charge in [-0.1, -0.05) is 25.5 Å². The van der Waals surface area contributed by atoms with Crippen molar-refractivity contribution >= 4 is 22.8 Å². The summed E-state index contributed by atoms with van der Waals surface area (Å²) in [6.07, 6.45) is 4.01. The third-order valence-electron chi connectivity index (χ3n) is 4.67. The number of amides is 2. The molecule has 2 aromatic rings. The number of imidazole rings is 1. The second-order valence-electron chi connectivity index (χ2n) is 6.76. The molecule has 1 saturated carbocycles.